The van der Waals surface area contributed by atoms with Gasteiger partial charge in [0, 0.05) is 5.56 Å². The van der Waals surface area contributed by atoms with Gasteiger partial charge in [-0.05, 0) is 25.1 Å². The lowest BCUT2D eigenvalue weighted by molar-refractivity contribution is 0.0941. The van der Waals surface area contributed by atoms with E-state index >= 15 is 0 Å². The van der Waals surface area contributed by atoms with Crippen LogP contribution in [-0.4, -0.2) is 5.91 Å². The Kier molecular flexibility index (Phi) is 4.37. The molecule has 20 heavy (non-hydrogen) atoms. The van der Waals surface area contributed by atoms with Crippen LogP contribution in [-0.2, 0) is 0 Å². The fourth-order valence-electron chi connectivity index (χ4n) is 1.58. The number of hydrazine groups is 1. The summed E-state index contributed by atoms with van der Waals surface area (Å²) in [7, 11) is 0. The molecule has 104 valence electrons. The Morgan fingerprint density at radius 1 is 1.20 bits per heavy atom. The summed E-state index contributed by atoms with van der Waals surface area (Å²) in [6.07, 6.45) is 1.46. The summed E-state index contributed by atoms with van der Waals surface area (Å²) in [4.78, 5) is 11.9. The number of hydrogen-bond donors (Lipinski definition) is 2. The van der Waals surface area contributed by atoms with Crippen LogP contribution in [0.3, 0.4) is 0 Å². The van der Waals surface area contributed by atoms with Gasteiger partial charge in [-0.2, -0.15) is 0 Å². The standard InChI is InChI=1S/C14H12Cl2N2O2/c1-8(10-3-4-12(15)13(16)7-10)17-18-14(19)11-5-6-20-9(11)2/h3-7,17H,1H2,2H3,(H,18,19). The molecule has 0 aliphatic heterocycles. The number of hydrogen-bond acceptors (Lipinski definition) is 3. The van der Waals surface area contributed by atoms with Crippen LogP contribution in [0.2, 0.25) is 10.0 Å². The van der Waals surface area contributed by atoms with E-state index in [1.807, 2.05) is 0 Å². The van der Waals surface area contributed by atoms with Gasteiger partial charge in [0.05, 0.1) is 27.6 Å². The number of nitrogens with one attached hydrogen (secondary N) is 2. The Hall–Kier alpha value is -1.91. The van der Waals surface area contributed by atoms with E-state index in [1.54, 1.807) is 31.2 Å². The first kappa shape index (κ1) is 14.5. The van der Waals surface area contributed by atoms with Crippen molar-refractivity contribution < 1.29 is 9.21 Å². The third-order valence-corrected chi connectivity index (χ3v) is 3.44. The molecule has 0 spiro atoms. The fourth-order valence-corrected chi connectivity index (χ4v) is 1.87. The molecule has 0 unspecified atom stereocenters. The molecule has 1 aromatic carbocycles. The molecule has 0 saturated heterocycles. The molecule has 1 aromatic heterocycles. The molecule has 0 saturated carbocycles. The Morgan fingerprint density at radius 2 is 1.95 bits per heavy atom. The van der Waals surface area contributed by atoms with Gasteiger partial charge in [0.15, 0.2) is 0 Å². The van der Waals surface area contributed by atoms with Gasteiger partial charge in [-0.3, -0.25) is 15.6 Å². The largest absolute Gasteiger partial charge is 0.469 e. The monoisotopic (exact) mass is 310 g/mol. The van der Waals surface area contributed by atoms with Crippen molar-refractivity contribution in [2.45, 2.75) is 6.92 Å². The molecule has 0 aliphatic carbocycles. The molecule has 2 N–H and O–H groups in total. The van der Waals surface area contributed by atoms with Crippen molar-refractivity contribution in [1.82, 2.24) is 10.9 Å². The molecule has 2 rings (SSSR count). The number of halogens is 2. The van der Waals surface area contributed by atoms with Gasteiger partial charge in [-0.15, -0.1) is 0 Å². The van der Waals surface area contributed by atoms with Crippen LogP contribution < -0.4 is 10.9 Å². The normalized spacial score (nSPS) is 10.2. The van der Waals surface area contributed by atoms with Crippen molar-refractivity contribution in [3.8, 4) is 0 Å². The molecule has 4 nitrogen and oxygen atoms in total. The summed E-state index contributed by atoms with van der Waals surface area (Å²) in [6, 6.07) is 6.66. The number of aryl methyl sites for hydroxylation is 1. The predicted octanol–water partition coefficient (Wildman–Crippen LogP) is 3.80. The highest BCUT2D eigenvalue weighted by atomic mass is 35.5. The van der Waals surface area contributed by atoms with Gasteiger partial charge in [-0.1, -0.05) is 35.8 Å². The molecule has 2 aromatic rings. The fraction of sp³-hybridized carbons (Fsp3) is 0.0714. The highest BCUT2D eigenvalue weighted by molar-refractivity contribution is 6.42. The molecule has 0 atom stereocenters. The third-order valence-electron chi connectivity index (χ3n) is 2.70. The van der Waals surface area contributed by atoms with Crippen LogP contribution in [0, 0.1) is 6.92 Å². The first-order valence-electron chi connectivity index (χ1n) is 5.74. The van der Waals surface area contributed by atoms with Crippen molar-refractivity contribution in [3.63, 3.8) is 0 Å². The summed E-state index contributed by atoms with van der Waals surface area (Å²) >= 11 is 11.8. The van der Waals surface area contributed by atoms with Crippen LogP contribution >= 0.6 is 23.2 Å². The second kappa shape index (κ2) is 6.03. The Morgan fingerprint density at radius 3 is 2.55 bits per heavy atom. The second-order valence-electron chi connectivity index (χ2n) is 4.08. The lowest BCUT2D eigenvalue weighted by Crippen LogP contribution is -2.35. The van der Waals surface area contributed by atoms with Crippen molar-refractivity contribution in [1.29, 1.82) is 0 Å². The third kappa shape index (κ3) is 3.15. The Bertz CT molecular complexity index is 665. The molecule has 0 aliphatic rings. The number of rotatable bonds is 4. The van der Waals surface area contributed by atoms with E-state index in [-0.39, 0.29) is 5.91 Å². The maximum atomic E-state index is 11.9. The first-order chi connectivity index (χ1) is 9.49. The van der Waals surface area contributed by atoms with Gasteiger partial charge >= 0.3 is 0 Å². The van der Waals surface area contributed by atoms with Crippen molar-refractivity contribution in [2.24, 2.45) is 0 Å². The van der Waals surface area contributed by atoms with E-state index in [9.17, 15) is 4.79 Å². The number of amides is 1. The average Bonchev–Trinajstić information content (AvgIpc) is 2.85. The molecular formula is C14H12Cl2N2O2. The molecular weight excluding hydrogens is 299 g/mol. The van der Waals surface area contributed by atoms with E-state index in [1.165, 1.54) is 6.26 Å². The van der Waals surface area contributed by atoms with Crippen LogP contribution in [0.1, 0.15) is 21.7 Å². The van der Waals surface area contributed by atoms with E-state index in [2.05, 4.69) is 17.4 Å². The Labute approximate surface area is 126 Å². The smallest absolute Gasteiger partial charge is 0.273 e. The summed E-state index contributed by atoms with van der Waals surface area (Å²) in [5.74, 6) is 0.238. The van der Waals surface area contributed by atoms with Crippen LogP contribution in [0.15, 0.2) is 41.5 Å². The maximum absolute atomic E-state index is 11.9. The molecule has 0 fully saturated rings. The number of carbonyl (C=O) groups excluding carboxylic acids is 1. The van der Waals surface area contributed by atoms with Crippen molar-refractivity contribution in [3.05, 3.63) is 64.0 Å². The second-order valence-corrected chi connectivity index (χ2v) is 4.89. The lowest BCUT2D eigenvalue weighted by atomic mass is 10.2. The zero-order valence-corrected chi connectivity index (χ0v) is 12.2. The van der Waals surface area contributed by atoms with Crippen LogP contribution in [0.25, 0.3) is 5.70 Å². The zero-order valence-electron chi connectivity index (χ0n) is 10.7. The van der Waals surface area contributed by atoms with Gasteiger partial charge in [-0.25, -0.2) is 0 Å². The highest BCUT2D eigenvalue weighted by Crippen LogP contribution is 2.24. The zero-order chi connectivity index (χ0) is 14.7. The van der Waals surface area contributed by atoms with E-state index in [0.717, 1.165) is 5.56 Å². The minimum atomic E-state index is -0.308. The lowest BCUT2D eigenvalue weighted by Gasteiger charge is -2.11. The summed E-state index contributed by atoms with van der Waals surface area (Å²) in [5.41, 5.74) is 6.94. The number of benzene rings is 1. The van der Waals surface area contributed by atoms with Gasteiger partial charge in [0.25, 0.3) is 5.91 Å². The first-order valence-corrected chi connectivity index (χ1v) is 6.49. The number of furan rings is 1. The minimum Gasteiger partial charge on any atom is -0.469 e. The quantitative estimate of drug-likeness (QED) is 0.845. The van der Waals surface area contributed by atoms with Gasteiger partial charge in [0.1, 0.15) is 5.76 Å². The van der Waals surface area contributed by atoms with Crippen LogP contribution in [0.5, 0.6) is 0 Å². The molecule has 6 heteroatoms. The molecule has 0 radical (unpaired) electrons. The topological polar surface area (TPSA) is 54.3 Å². The summed E-state index contributed by atoms with van der Waals surface area (Å²) in [6.45, 7) is 5.53. The molecule has 1 heterocycles. The minimum absolute atomic E-state index is 0.308. The number of carbonyl (C=O) groups is 1. The SMILES string of the molecule is C=C(NNC(=O)c1ccoc1C)c1ccc(Cl)c(Cl)c1. The van der Waals surface area contributed by atoms with Gasteiger partial charge in [0.2, 0.25) is 0 Å². The molecule has 0 bridgehead atoms. The van der Waals surface area contributed by atoms with E-state index in [0.29, 0.717) is 27.1 Å². The summed E-state index contributed by atoms with van der Waals surface area (Å²) < 4.78 is 5.06. The highest BCUT2D eigenvalue weighted by Gasteiger charge is 2.11. The molecule has 1 amide bonds. The van der Waals surface area contributed by atoms with E-state index in [4.69, 9.17) is 27.6 Å². The summed E-state index contributed by atoms with van der Waals surface area (Å²) in [5, 5.41) is 0.880. The predicted molar refractivity (Wildman–Crippen MR) is 79.5 cm³/mol. The van der Waals surface area contributed by atoms with Crippen molar-refractivity contribution >= 4 is 34.8 Å². The average molecular weight is 311 g/mol. The van der Waals surface area contributed by atoms with E-state index < -0.39 is 0 Å². The van der Waals surface area contributed by atoms with Crippen molar-refractivity contribution in [2.75, 3.05) is 0 Å². The van der Waals surface area contributed by atoms with Crippen LogP contribution in [0.4, 0.5) is 0 Å². The van der Waals surface area contributed by atoms with Gasteiger partial charge < -0.3 is 4.42 Å². The Balaban J connectivity index is 2.00. The maximum Gasteiger partial charge on any atom is 0.273 e.